The van der Waals surface area contributed by atoms with Crippen molar-refractivity contribution in [2.45, 2.75) is 44.9 Å². The van der Waals surface area contributed by atoms with E-state index in [-0.39, 0.29) is 0 Å². The van der Waals surface area contributed by atoms with Gasteiger partial charge in [0, 0.05) is 39.1 Å². The van der Waals surface area contributed by atoms with Crippen molar-refractivity contribution in [3.63, 3.8) is 0 Å². The third-order valence-corrected chi connectivity index (χ3v) is 3.44. The minimum absolute atomic E-state index is 0.620. The number of rotatable bonds is 6. The number of aryl methyl sites for hydroxylation is 1. The van der Waals surface area contributed by atoms with E-state index in [1.54, 1.807) is 0 Å². The van der Waals surface area contributed by atoms with Crippen molar-refractivity contribution in [2.24, 2.45) is 0 Å². The van der Waals surface area contributed by atoms with Gasteiger partial charge in [0.2, 0.25) is 0 Å². The predicted octanol–water partition coefficient (Wildman–Crippen LogP) is 0.0564. The minimum Gasteiger partial charge on any atom is -0.388 e. The Labute approximate surface area is 113 Å². The van der Waals surface area contributed by atoms with Crippen molar-refractivity contribution in [1.29, 1.82) is 0 Å². The predicted molar refractivity (Wildman–Crippen MR) is 69.4 cm³/mol. The third-order valence-electron chi connectivity index (χ3n) is 3.44. The normalized spacial score (nSPS) is 18.9. The highest BCUT2D eigenvalue weighted by atomic mass is 16.5. The third kappa shape index (κ3) is 3.95. The van der Waals surface area contributed by atoms with Crippen molar-refractivity contribution in [3.05, 3.63) is 5.82 Å². The number of aromatic nitrogens is 4. The maximum atomic E-state index is 10.5. The van der Waals surface area contributed by atoms with Gasteiger partial charge in [-0.05, 0) is 23.9 Å². The highest BCUT2D eigenvalue weighted by Crippen LogP contribution is 2.21. The first-order chi connectivity index (χ1) is 9.13. The molecule has 0 aliphatic carbocycles. The van der Waals surface area contributed by atoms with Crippen LogP contribution in [0.15, 0.2) is 0 Å². The van der Waals surface area contributed by atoms with Crippen LogP contribution in [-0.2, 0) is 17.8 Å². The number of aliphatic hydroxyl groups is 1. The number of nitrogens with zero attached hydrogens (tertiary/aromatic N) is 5. The standard InChI is InChI=1S/C12H23N5O2/c1-3-6-17-11(13-14-15-17)9-16(2)10-12(18)4-7-19-8-5-12/h18H,3-10H2,1-2H3. The molecule has 1 aliphatic rings. The summed E-state index contributed by atoms with van der Waals surface area (Å²) in [7, 11) is 1.98. The van der Waals surface area contributed by atoms with Crippen molar-refractivity contribution in [1.82, 2.24) is 25.1 Å². The van der Waals surface area contributed by atoms with E-state index in [1.807, 2.05) is 11.7 Å². The molecule has 1 aromatic rings. The first-order valence-electron chi connectivity index (χ1n) is 6.87. The highest BCUT2D eigenvalue weighted by molar-refractivity contribution is 4.87. The molecule has 1 saturated heterocycles. The van der Waals surface area contributed by atoms with Crippen LogP contribution in [0.25, 0.3) is 0 Å². The van der Waals surface area contributed by atoms with E-state index >= 15 is 0 Å². The van der Waals surface area contributed by atoms with Crippen LogP contribution in [0, 0.1) is 0 Å². The molecule has 19 heavy (non-hydrogen) atoms. The Bertz CT molecular complexity index is 389. The van der Waals surface area contributed by atoms with Gasteiger partial charge in [-0.2, -0.15) is 0 Å². The summed E-state index contributed by atoms with van der Waals surface area (Å²) in [5.74, 6) is 0.847. The summed E-state index contributed by atoms with van der Waals surface area (Å²) in [6.45, 7) is 5.47. The molecule has 1 fully saturated rings. The number of hydrogen-bond donors (Lipinski definition) is 1. The van der Waals surface area contributed by atoms with Gasteiger partial charge < -0.3 is 9.84 Å². The Balaban J connectivity index is 1.89. The lowest BCUT2D eigenvalue weighted by Gasteiger charge is -2.35. The summed E-state index contributed by atoms with van der Waals surface area (Å²) in [5.41, 5.74) is -0.643. The van der Waals surface area contributed by atoms with Gasteiger partial charge in [0.15, 0.2) is 5.82 Å². The largest absolute Gasteiger partial charge is 0.388 e. The summed E-state index contributed by atoms with van der Waals surface area (Å²) >= 11 is 0. The van der Waals surface area contributed by atoms with Crippen LogP contribution in [0.5, 0.6) is 0 Å². The van der Waals surface area contributed by atoms with Crippen molar-refractivity contribution in [2.75, 3.05) is 26.8 Å². The Morgan fingerprint density at radius 1 is 1.42 bits per heavy atom. The summed E-state index contributed by atoms with van der Waals surface area (Å²) in [4.78, 5) is 2.07. The van der Waals surface area contributed by atoms with E-state index < -0.39 is 5.60 Å². The maximum Gasteiger partial charge on any atom is 0.165 e. The first-order valence-corrected chi connectivity index (χ1v) is 6.87. The molecule has 0 unspecified atom stereocenters. The molecule has 1 N–H and O–H groups in total. The first kappa shape index (κ1) is 14.4. The van der Waals surface area contributed by atoms with Crippen LogP contribution in [0.1, 0.15) is 32.0 Å². The summed E-state index contributed by atoms with van der Waals surface area (Å²) in [6.07, 6.45) is 2.39. The van der Waals surface area contributed by atoms with Crippen LogP contribution in [-0.4, -0.2) is 62.6 Å². The summed E-state index contributed by atoms with van der Waals surface area (Å²) in [6, 6.07) is 0. The van der Waals surface area contributed by atoms with Crippen molar-refractivity contribution >= 4 is 0 Å². The van der Waals surface area contributed by atoms with E-state index in [0.29, 0.717) is 39.1 Å². The molecular formula is C12H23N5O2. The Morgan fingerprint density at radius 3 is 2.84 bits per heavy atom. The molecule has 0 saturated carbocycles. The minimum atomic E-state index is -0.643. The molecule has 0 spiro atoms. The molecule has 0 bridgehead atoms. The van der Waals surface area contributed by atoms with Crippen molar-refractivity contribution < 1.29 is 9.84 Å². The second kappa shape index (κ2) is 6.40. The second-order valence-electron chi connectivity index (χ2n) is 5.33. The van der Waals surface area contributed by atoms with Crippen LogP contribution in [0.3, 0.4) is 0 Å². The fourth-order valence-electron chi connectivity index (χ4n) is 2.43. The lowest BCUT2D eigenvalue weighted by molar-refractivity contribution is -0.0780. The van der Waals surface area contributed by atoms with Crippen LogP contribution in [0.2, 0.25) is 0 Å². The van der Waals surface area contributed by atoms with Crippen LogP contribution in [0.4, 0.5) is 0 Å². The number of tetrazole rings is 1. The van der Waals surface area contributed by atoms with Gasteiger partial charge in [0.25, 0.3) is 0 Å². The van der Waals surface area contributed by atoms with E-state index in [9.17, 15) is 5.11 Å². The molecule has 7 nitrogen and oxygen atoms in total. The Morgan fingerprint density at radius 2 is 2.16 bits per heavy atom. The Kier molecular flexibility index (Phi) is 4.84. The van der Waals surface area contributed by atoms with Gasteiger partial charge in [-0.3, -0.25) is 4.90 Å². The molecule has 1 aliphatic heterocycles. The zero-order valence-electron chi connectivity index (χ0n) is 11.7. The molecule has 108 valence electrons. The van der Waals surface area contributed by atoms with Gasteiger partial charge in [0.1, 0.15) is 0 Å². The number of hydrogen-bond acceptors (Lipinski definition) is 6. The lowest BCUT2D eigenvalue weighted by atomic mass is 9.94. The summed E-state index contributed by atoms with van der Waals surface area (Å²) < 4.78 is 7.11. The molecule has 0 aromatic carbocycles. The van der Waals surface area contributed by atoms with E-state index in [4.69, 9.17) is 4.74 Å². The van der Waals surface area contributed by atoms with E-state index in [0.717, 1.165) is 18.8 Å². The molecule has 0 radical (unpaired) electrons. The van der Waals surface area contributed by atoms with Gasteiger partial charge in [-0.15, -0.1) is 5.10 Å². The zero-order valence-corrected chi connectivity index (χ0v) is 11.7. The zero-order chi connectivity index (χ0) is 13.7. The molecule has 0 amide bonds. The van der Waals surface area contributed by atoms with Crippen molar-refractivity contribution in [3.8, 4) is 0 Å². The quantitative estimate of drug-likeness (QED) is 0.787. The average Bonchev–Trinajstić information content (AvgIpc) is 2.77. The maximum absolute atomic E-state index is 10.5. The smallest absolute Gasteiger partial charge is 0.165 e. The van der Waals surface area contributed by atoms with Gasteiger partial charge in [-0.1, -0.05) is 6.92 Å². The van der Waals surface area contributed by atoms with Gasteiger partial charge >= 0.3 is 0 Å². The van der Waals surface area contributed by atoms with E-state index in [2.05, 4.69) is 27.3 Å². The van der Waals surface area contributed by atoms with Gasteiger partial charge in [0.05, 0.1) is 12.1 Å². The summed E-state index contributed by atoms with van der Waals surface area (Å²) in [5, 5.41) is 22.2. The van der Waals surface area contributed by atoms with Gasteiger partial charge in [-0.25, -0.2) is 4.68 Å². The second-order valence-corrected chi connectivity index (χ2v) is 5.33. The highest BCUT2D eigenvalue weighted by Gasteiger charge is 2.31. The monoisotopic (exact) mass is 269 g/mol. The fraction of sp³-hybridized carbons (Fsp3) is 0.917. The van der Waals surface area contributed by atoms with Crippen LogP contribution >= 0.6 is 0 Å². The molecular weight excluding hydrogens is 246 g/mol. The Hall–Kier alpha value is -1.05. The SMILES string of the molecule is CCCn1nnnc1CN(C)CC1(O)CCOCC1. The van der Waals surface area contributed by atoms with Crippen LogP contribution < -0.4 is 0 Å². The molecule has 7 heteroatoms. The average molecular weight is 269 g/mol. The lowest BCUT2D eigenvalue weighted by Crippen LogP contribution is -2.45. The fourth-order valence-corrected chi connectivity index (χ4v) is 2.43. The molecule has 2 heterocycles. The topological polar surface area (TPSA) is 76.3 Å². The number of likely N-dealkylation sites (N-methyl/N-ethyl adjacent to an activating group) is 1. The van der Waals surface area contributed by atoms with E-state index in [1.165, 1.54) is 0 Å². The molecule has 1 aromatic heterocycles. The number of ether oxygens (including phenoxy) is 1. The molecule has 2 rings (SSSR count). The molecule has 0 atom stereocenters.